The van der Waals surface area contributed by atoms with Crippen LogP contribution in [-0.4, -0.2) is 23.1 Å². The number of nitrogens with one attached hydrogen (secondary N) is 2. The van der Waals surface area contributed by atoms with Crippen LogP contribution < -0.4 is 15.5 Å². The summed E-state index contributed by atoms with van der Waals surface area (Å²) in [5.74, 6) is 1.97. The minimum absolute atomic E-state index is 0.570. The van der Waals surface area contributed by atoms with Gasteiger partial charge in [0.25, 0.3) is 0 Å². The molecule has 0 bridgehead atoms. The van der Waals surface area contributed by atoms with Gasteiger partial charge in [-0.2, -0.15) is 5.26 Å². The first-order valence-electron chi connectivity index (χ1n) is 9.36. The Balaban J connectivity index is 1.79. The number of hydrogen-bond acceptors (Lipinski definition) is 6. The monoisotopic (exact) mass is 372 g/mol. The van der Waals surface area contributed by atoms with E-state index in [4.69, 9.17) is 0 Å². The second kappa shape index (κ2) is 8.87. The molecule has 0 aliphatic heterocycles. The summed E-state index contributed by atoms with van der Waals surface area (Å²) in [6.07, 6.45) is 0. The summed E-state index contributed by atoms with van der Waals surface area (Å²) in [7, 11) is 0. The first kappa shape index (κ1) is 19.2. The highest BCUT2D eigenvalue weighted by Gasteiger charge is 2.07. The summed E-state index contributed by atoms with van der Waals surface area (Å²) in [5.41, 5.74) is 3.44. The molecule has 0 saturated heterocycles. The van der Waals surface area contributed by atoms with Crippen molar-refractivity contribution in [2.45, 2.75) is 20.8 Å². The highest BCUT2D eigenvalue weighted by molar-refractivity contribution is 5.68. The topological polar surface area (TPSA) is 76.9 Å². The van der Waals surface area contributed by atoms with Gasteiger partial charge in [-0.05, 0) is 57.2 Å². The highest BCUT2D eigenvalue weighted by Crippen LogP contribution is 2.24. The Labute approximate surface area is 165 Å². The number of benzene rings is 2. The van der Waals surface area contributed by atoms with E-state index in [-0.39, 0.29) is 0 Å². The normalized spacial score (nSPS) is 10.2. The maximum atomic E-state index is 9.26. The number of nitrogens with zero attached hydrogens (tertiary/aromatic N) is 4. The minimum atomic E-state index is 0.570. The van der Waals surface area contributed by atoms with Crippen LogP contribution in [0.1, 0.15) is 25.2 Å². The first-order chi connectivity index (χ1) is 13.6. The Bertz CT molecular complexity index is 971. The van der Waals surface area contributed by atoms with E-state index in [0.29, 0.717) is 23.0 Å². The van der Waals surface area contributed by atoms with Gasteiger partial charge >= 0.3 is 0 Å². The van der Waals surface area contributed by atoms with Gasteiger partial charge in [-0.15, -0.1) is 0 Å². The Morgan fingerprint density at radius 2 is 1.57 bits per heavy atom. The molecule has 0 radical (unpaired) electrons. The van der Waals surface area contributed by atoms with Crippen LogP contribution in [0, 0.1) is 18.3 Å². The molecule has 6 nitrogen and oxygen atoms in total. The molecule has 28 heavy (non-hydrogen) atoms. The lowest BCUT2D eigenvalue weighted by atomic mass is 10.2. The van der Waals surface area contributed by atoms with E-state index >= 15 is 0 Å². The molecule has 142 valence electrons. The Morgan fingerprint density at radius 3 is 2.21 bits per heavy atom. The summed E-state index contributed by atoms with van der Waals surface area (Å²) in [4.78, 5) is 11.2. The number of rotatable bonds is 7. The van der Waals surface area contributed by atoms with Gasteiger partial charge in [-0.3, -0.25) is 0 Å². The number of aryl methyl sites for hydroxylation is 1. The predicted molar refractivity (Wildman–Crippen MR) is 114 cm³/mol. The largest absolute Gasteiger partial charge is 0.372 e. The lowest BCUT2D eigenvalue weighted by molar-refractivity contribution is 0.866. The summed E-state index contributed by atoms with van der Waals surface area (Å²) in [6.45, 7) is 8.10. The zero-order valence-electron chi connectivity index (χ0n) is 16.4. The number of hydrogen-bond donors (Lipinski definition) is 2. The Morgan fingerprint density at radius 1 is 0.929 bits per heavy atom. The van der Waals surface area contributed by atoms with Crippen LogP contribution in [-0.2, 0) is 0 Å². The van der Waals surface area contributed by atoms with Gasteiger partial charge in [-0.1, -0.05) is 12.1 Å². The zero-order chi connectivity index (χ0) is 19.9. The Hall–Kier alpha value is -3.59. The van der Waals surface area contributed by atoms with E-state index < -0.39 is 0 Å². The van der Waals surface area contributed by atoms with Crippen molar-refractivity contribution in [1.29, 1.82) is 5.26 Å². The molecule has 1 heterocycles. The molecule has 0 amide bonds. The summed E-state index contributed by atoms with van der Waals surface area (Å²) >= 11 is 0. The summed E-state index contributed by atoms with van der Waals surface area (Å²) < 4.78 is 0. The van der Waals surface area contributed by atoms with Crippen LogP contribution in [0.15, 0.2) is 54.6 Å². The van der Waals surface area contributed by atoms with Crippen LogP contribution >= 0.6 is 0 Å². The van der Waals surface area contributed by atoms with Crippen molar-refractivity contribution in [1.82, 2.24) is 9.97 Å². The average molecular weight is 372 g/mol. The lowest BCUT2D eigenvalue weighted by Crippen LogP contribution is -2.21. The van der Waals surface area contributed by atoms with E-state index in [1.807, 2.05) is 43.3 Å². The average Bonchev–Trinajstić information content (AvgIpc) is 2.70. The number of para-hydroxylation sites is 1. The van der Waals surface area contributed by atoms with E-state index in [0.717, 1.165) is 24.5 Å². The molecule has 0 fully saturated rings. The van der Waals surface area contributed by atoms with Crippen LogP contribution in [0.4, 0.5) is 28.7 Å². The molecular weight excluding hydrogens is 348 g/mol. The molecule has 0 aliphatic carbocycles. The maximum absolute atomic E-state index is 9.26. The van der Waals surface area contributed by atoms with Gasteiger partial charge < -0.3 is 15.5 Å². The van der Waals surface area contributed by atoms with E-state index in [9.17, 15) is 5.26 Å². The molecule has 2 N–H and O–H groups in total. The maximum Gasteiger partial charge on any atom is 0.136 e. The second-order valence-electron chi connectivity index (χ2n) is 6.31. The van der Waals surface area contributed by atoms with Gasteiger partial charge in [0, 0.05) is 30.5 Å². The molecule has 0 atom stereocenters. The third kappa shape index (κ3) is 4.57. The summed E-state index contributed by atoms with van der Waals surface area (Å²) in [5, 5.41) is 15.8. The van der Waals surface area contributed by atoms with Crippen LogP contribution in [0.25, 0.3) is 0 Å². The molecule has 6 heteroatoms. The van der Waals surface area contributed by atoms with Gasteiger partial charge in [0.1, 0.15) is 23.5 Å². The number of anilines is 5. The second-order valence-corrected chi connectivity index (χ2v) is 6.31. The fourth-order valence-electron chi connectivity index (χ4n) is 3.02. The van der Waals surface area contributed by atoms with Crippen molar-refractivity contribution >= 4 is 28.7 Å². The molecule has 1 aromatic heterocycles. The number of nitriles is 1. The van der Waals surface area contributed by atoms with E-state index in [2.05, 4.69) is 57.6 Å². The quantitative estimate of drug-likeness (QED) is 0.608. The predicted octanol–water partition coefficient (Wildman–Crippen LogP) is 4.99. The lowest BCUT2D eigenvalue weighted by Gasteiger charge is -2.21. The molecule has 0 unspecified atom stereocenters. The van der Waals surface area contributed by atoms with Gasteiger partial charge in [0.05, 0.1) is 11.3 Å². The van der Waals surface area contributed by atoms with Gasteiger partial charge in [-0.25, -0.2) is 9.97 Å². The van der Waals surface area contributed by atoms with Gasteiger partial charge in [0.15, 0.2) is 0 Å². The van der Waals surface area contributed by atoms with Gasteiger partial charge in [0.2, 0.25) is 0 Å². The smallest absolute Gasteiger partial charge is 0.136 e. The third-order valence-electron chi connectivity index (χ3n) is 4.42. The molecule has 0 aliphatic rings. The van der Waals surface area contributed by atoms with Crippen molar-refractivity contribution in [2.24, 2.45) is 0 Å². The van der Waals surface area contributed by atoms with Crippen molar-refractivity contribution in [3.05, 3.63) is 66.0 Å². The van der Waals surface area contributed by atoms with Crippen LogP contribution in [0.2, 0.25) is 0 Å². The first-order valence-corrected chi connectivity index (χ1v) is 9.36. The number of aromatic nitrogens is 2. The molecule has 0 saturated carbocycles. The van der Waals surface area contributed by atoms with Crippen molar-refractivity contribution in [2.75, 3.05) is 28.6 Å². The standard InChI is InChI=1S/C22H24N6/c1-4-28(5-2)19-12-10-18(11-13-19)26-21-14-22(25-16(3)24-21)27-20-9-7-6-8-17(20)15-23/h6-14H,4-5H2,1-3H3,(H2,24,25,26,27). The van der Waals surface area contributed by atoms with Crippen molar-refractivity contribution in [3.8, 4) is 6.07 Å². The molecule has 0 spiro atoms. The molecule has 3 aromatic rings. The van der Waals surface area contributed by atoms with E-state index in [1.165, 1.54) is 5.69 Å². The van der Waals surface area contributed by atoms with Crippen LogP contribution in [0.3, 0.4) is 0 Å². The van der Waals surface area contributed by atoms with Crippen molar-refractivity contribution in [3.63, 3.8) is 0 Å². The molecular formula is C22H24N6. The fourth-order valence-corrected chi connectivity index (χ4v) is 3.02. The molecule has 2 aromatic carbocycles. The summed E-state index contributed by atoms with van der Waals surface area (Å²) in [6, 6.07) is 19.7. The van der Waals surface area contributed by atoms with Crippen molar-refractivity contribution < 1.29 is 0 Å². The molecule has 3 rings (SSSR count). The van der Waals surface area contributed by atoms with E-state index in [1.54, 1.807) is 6.07 Å². The SMILES string of the molecule is CCN(CC)c1ccc(Nc2cc(Nc3ccccc3C#N)nc(C)n2)cc1. The fraction of sp³-hybridized carbons (Fsp3) is 0.227. The zero-order valence-corrected chi connectivity index (χ0v) is 16.4. The minimum Gasteiger partial charge on any atom is -0.372 e. The third-order valence-corrected chi connectivity index (χ3v) is 4.42. The van der Waals surface area contributed by atoms with Crippen LogP contribution in [0.5, 0.6) is 0 Å². The Kier molecular flexibility index (Phi) is 6.07. The highest BCUT2D eigenvalue weighted by atomic mass is 15.1.